The number of hydrogen-bond acceptors (Lipinski definition) is 8. The number of alkyl halides is 2. The zero-order chi connectivity index (χ0) is 34.2. The number of halogens is 5. The van der Waals surface area contributed by atoms with Gasteiger partial charge in [0.2, 0.25) is 0 Å². The van der Waals surface area contributed by atoms with E-state index in [9.17, 15) is 13.6 Å². The Kier molecular flexibility index (Phi) is 8.84. The van der Waals surface area contributed by atoms with Crippen LogP contribution in [0.15, 0.2) is 4.47 Å². The van der Waals surface area contributed by atoms with Gasteiger partial charge in [-0.3, -0.25) is 4.90 Å². The van der Waals surface area contributed by atoms with Crippen molar-refractivity contribution in [1.82, 2.24) is 14.9 Å². The van der Waals surface area contributed by atoms with Crippen LogP contribution in [0.2, 0.25) is 18.1 Å². The second kappa shape index (κ2) is 11.6. The molecule has 2 aromatic rings. The lowest BCUT2D eigenvalue weighted by molar-refractivity contribution is 0.0117. The lowest BCUT2D eigenvalue weighted by Crippen LogP contribution is -2.57. The van der Waals surface area contributed by atoms with Crippen LogP contribution in [0.25, 0.3) is 10.9 Å². The van der Waals surface area contributed by atoms with Gasteiger partial charge < -0.3 is 23.5 Å². The SMILES string of the molecule is COc1c(F)c(Br)c(F)c2nc(OCC3(CO[Si](C)(C)C(C)(C)C)CC3(F)F)nc(N3CC4CCC(C3)N4C(=O)OC(C)(C)C)c12. The van der Waals surface area contributed by atoms with Crippen LogP contribution in [0, 0.1) is 17.0 Å². The molecule has 0 radical (unpaired) electrons. The summed E-state index contributed by atoms with van der Waals surface area (Å²) in [7, 11) is -1.09. The summed E-state index contributed by atoms with van der Waals surface area (Å²) in [4.78, 5) is 25.4. The topological polar surface area (TPSA) is 86.3 Å². The molecule has 1 amide bonds. The van der Waals surface area contributed by atoms with Gasteiger partial charge in [-0.05, 0) is 67.7 Å². The molecule has 3 heterocycles. The highest BCUT2D eigenvalue weighted by molar-refractivity contribution is 9.10. The molecule has 2 bridgehead atoms. The maximum absolute atomic E-state index is 15.7. The van der Waals surface area contributed by atoms with Gasteiger partial charge in [0.1, 0.15) is 23.5 Å². The fourth-order valence-electron chi connectivity index (χ4n) is 5.85. The number of amides is 1. The lowest BCUT2D eigenvalue weighted by atomic mass is 10.1. The molecule has 2 saturated heterocycles. The summed E-state index contributed by atoms with van der Waals surface area (Å²) < 4.78 is 83.2. The summed E-state index contributed by atoms with van der Waals surface area (Å²) in [5.74, 6) is -5.16. The van der Waals surface area contributed by atoms with Crippen molar-refractivity contribution in [1.29, 1.82) is 0 Å². The van der Waals surface area contributed by atoms with Crippen molar-refractivity contribution in [2.24, 2.45) is 5.41 Å². The van der Waals surface area contributed by atoms with Crippen molar-refractivity contribution in [2.45, 2.75) is 103 Å². The molecule has 1 saturated carbocycles. The number of anilines is 1. The van der Waals surface area contributed by atoms with Crippen LogP contribution >= 0.6 is 15.9 Å². The van der Waals surface area contributed by atoms with Gasteiger partial charge in [0, 0.05) is 26.1 Å². The van der Waals surface area contributed by atoms with E-state index in [1.165, 1.54) is 7.11 Å². The van der Waals surface area contributed by atoms with Crippen molar-refractivity contribution in [3.05, 3.63) is 16.1 Å². The van der Waals surface area contributed by atoms with E-state index in [0.717, 1.165) is 0 Å². The normalized spacial score (nSPS) is 24.4. The van der Waals surface area contributed by atoms with E-state index in [1.54, 1.807) is 25.7 Å². The molecule has 3 fully saturated rings. The molecule has 15 heteroatoms. The van der Waals surface area contributed by atoms with Gasteiger partial charge >= 0.3 is 12.1 Å². The number of piperazine rings is 1. The van der Waals surface area contributed by atoms with E-state index in [4.69, 9.17) is 18.6 Å². The van der Waals surface area contributed by atoms with E-state index in [2.05, 4.69) is 25.9 Å². The van der Waals surface area contributed by atoms with Gasteiger partial charge in [0.25, 0.3) is 5.92 Å². The Morgan fingerprint density at radius 1 is 1.02 bits per heavy atom. The molecule has 0 N–H and O–H groups in total. The zero-order valence-corrected chi connectivity index (χ0v) is 30.4. The minimum absolute atomic E-state index is 0.0223. The maximum Gasteiger partial charge on any atom is 0.410 e. The largest absolute Gasteiger partial charge is 0.493 e. The third kappa shape index (κ3) is 6.27. The molecule has 3 unspecified atom stereocenters. The predicted octanol–water partition coefficient (Wildman–Crippen LogP) is 7.69. The number of benzene rings is 1. The monoisotopic (exact) mass is 734 g/mol. The Hall–Kier alpha value is -2.39. The van der Waals surface area contributed by atoms with Gasteiger partial charge in [0.05, 0.1) is 34.5 Å². The Labute approximate surface area is 276 Å². The number of aromatic nitrogens is 2. The second-order valence-corrected chi connectivity index (χ2v) is 20.8. The fourth-order valence-corrected chi connectivity index (χ4v) is 7.29. The number of nitrogens with zero attached hydrogens (tertiary/aromatic N) is 4. The second-order valence-electron chi connectivity index (χ2n) is 15.2. The first-order valence-electron chi connectivity index (χ1n) is 15.4. The maximum atomic E-state index is 15.7. The van der Waals surface area contributed by atoms with Crippen LogP contribution in [0.3, 0.4) is 0 Å². The van der Waals surface area contributed by atoms with Crippen LogP contribution in [0.4, 0.5) is 28.2 Å². The number of ether oxygens (including phenoxy) is 3. The lowest BCUT2D eigenvalue weighted by Gasteiger charge is -2.42. The molecule has 1 aliphatic carbocycles. The molecule has 0 spiro atoms. The predicted molar refractivity (Wildman–Crippen MR) is 171 cm³/mol. The van der Waals surface area contributed by atoms with Crippen molar-refractivity contribution in [3.63, 3.8) is 0 Å². The van der Waals surface area contributed by atoms with Crippen LogP contribution in [-0.2, 0) is 9.16 Å². The zero-order valence-electron chi connectivity index (χ0n) is 27.8. The van der Waals surface area contributed by atoms with Crippen molar-refractivity contribution in [2.75, 3.05) is 38.3 Å². The van der Waals surface area contributed by atoms with Crippen LogP contribution in [0.1, 0.15) is 60.8 Å². The fraction of sp³-hybridized carbons (Fsp3) is 0.710. The van der Waals surface area contributed by atoms with E-state index < -0.39 is 60.5 Å². The molecule has 5 rings (SSSR count). The molecule has 2 aliphatic heterocycles. The molecular weight excluding hydrogens is 692 g/mol. The van der Waals surface area contributed by atoms with E-state index in [0.29, 0.717) is 12.8 Å². The first-order valence-corrected chi connectivity index (χ1v) is 19.1. The molecule has 1 aromatic carbocycles. The third-order valence-electron chi connectivity index (χ3n) is 9.68. The molecular formula is C31H43BrF4N4O5Si. The highest BCUT2D eigenvalue weighted by Gasteiger charge is 2.72. The smallest absolute Gasteiger partial charge is 0.410 e. The first kappa shape index (κ1) is 34.9. The number of fused-ring (bicyclic) bond motifs is 3. The highest BCUT2D eigenvalue weighted by Crippen LogP contribution is 2.61. The van der Waals surface area contributed by atoms with E-state index in [-0.39, 0.29) is 65.3 Å². The Morgan fingerprint density at radius 3 is 2.11 bits per heavy atom. The standard InChI is InChI=1S/C31H43BrF4N4O5Si/c1-28(2,3)45-27(41)40-17-10-11-18(40)13-39(12-17)25-19-23(21(33)20(32)22(34)24(19)42-7)37-26(38-25)43-15-30(14-31(30,35)36)16-44-46(8,9)29(4,5)6/h17-18H,10-16H2,1-9H3. The summed E-state index contributed by atoms with van der Waals surface area (Å²) in [5.41, 5.74) is -2.55. The number of carbonyl (C=O) groups excluding carboxylic acids is 1. The Morgan fingerprint density at radius 2 is 1.61 bits per heavy atom. The van der Waals surface area contributed by atoms with E-state index in [1.807, 2.05) is 38.8 Å². The number of carbonyl (C=O) groups is 1. The number of hydrogen-bond donors (Lipinski definition) is 0. The van der Waals surface area contributed by atoms with Gasteiger partial charge in [-0.15, -0.1) is 0 Å². The van der Waals surface area contributed by atoms with Crippen LogP contribution in [-0.4, -0.2) is 86.3 Å². The summed E-state index contributed by atoms with van der Waals surface area (Å²) in [5, 5.41) is -0.201. The van der Waals surface area contributed by atoms with Crippen molar-refractivity contribution in [3.8, 4) is 11.8 Å². The average Bonchev–Trinajstić information content (AvgIpc) is 3.39. The molecule has 3 atom stereocenters. The van der Waals surface area contributed by atoms with Gasteiger partial charge in [-0.25, -0.2) is 22.4 Å². The molecule has 9 nitrogen and oxygen atoms in total. The summed E-state index contributed by atoms with van der Waals surface area (Å²) in [6.07, 6.45) is 0.545. The summed E-state index contributed by atoms with van der Waals surface area (Å²) in [6.45, 7) is 15.4. The van der Waals surface area contributed by atoms with Crippen molar-refractivity contribution < 1.29 is 41.0 Å². The van der Waals surface area contributed by atoms with Crippen LogP contribution < -0.4 is 14.4 Å². The number of rotatable bonds is 8. The molecule has 3 aliphatic rings. The Balaban J connectivity index is 1.49. The molecule has 46 heavy (non-hydrogen) atoms. The molecule has 256 valence electrons. The van der Waals surface area contributed by atoms with Crippen LogP contribution in [0.5, 0.6) is 11.8 Å². The quantitative estimate of drug-likeness (QED) is 0.155. The van der Waals surface area contributed by atoms with Crippen molar-refractivity contribution >= 4 is 47.1 Å². The van der Waals surface area contributed by atoms with Gasteiger partial charge in [-0.1, -0.05) is 20.8 Å². The third-order valence-corrected chi connectivity index (χ3v) is 14.9. The Bertz CT molecular complexity index is 1520. The molecule has 1 aromatic heterocycles. The average molecular weight is 736 g/mol. The summed E-state index contributed by atoms with van der Waals surface area (Å²) >= 11 is 2.95. The summed E-state index contributed by atoms with van der Waals surface area (Å²) in [6, 6.07) is -0.835. The first-order chi connectivity index (χ1) is 21.1. The van der Waals surface area contributed by atoms with Gasteiger partial charge in [-0.2, -0.15) is 9.97 Å². The minimum atomic E-state index is -3.02. The van der Waals surface area contributed by atoms with E-state index >= 15 is 8.78 Å². The van der Waals surface area contributed by atoms with Gasteiger partial charge in [0.15, 0.2) is 25.7 Å². The highest BCUT2D eigenvalue weighted by atomic mass is 79.9. The minimum Gasteiger partial charge on any atom is -0.493 e. The number of methoxy groups -OCH3 is 1.